The number of carbonyl (C=O) groups is 1. The Kier molecular flexibility index (Phi) is 4.76. The Bertz CT molecular complexity index is 1350. The van der Waals surface area contributed by atoms with Crippen molar-refractivity contribution in [2.24, 2.45) is 0 Å². The summed E-state index contributed by atoms with van der Waals surface area (Å²) in [4.78, 5) is 21.9. The number of fused-ring (bicyclic) bond motifs is 1. The van der Waals surface area contributed by atoms with Gasteiger partial charge < -0.3 is 0 Å². The van der Waals surface area contributed by atoms with Gasteiger partial charge in [-0.25, -0.2) is 14.4 Å². The number of hydrogen-bond acceptors (Lipinski definition) is 6. The van der Waals surface area contributed by atoms with Crippen LogP contribution in [0.1, 0.15) is 28.2 Å². The Morgan fingerprint density at radius 1 is 1.16 bits per heavy atom. The molecule has 0 saturated heterocycles. The highest BCUT2D eigenvalue weighted by Crippen LogP contribution is 2.32. The van der Waals surface area contributed by atoms with Gasteiger partial charge in [-0.2, -0.15) is 10.4 Å². The molecule has 0 fully saturated rings. The van der Waals surface area contributed by atoms with Gasteiger partial charge in [0.2, 0.25) is 0 Å². The van der Waals surface area contributed by atoms with Gasteiger partial charge in [0, 0.05) is 17.5 Å². The lowest BCUT2D eigenvalue weighted by atomic mass is 10.0. The zero-order valence-electron chi connectivity index (χ0n) is 16.2. The zero-order valence-corrected chi connectivity index (χ0v) is 17.0. The minimum Gasteiger partial charge on any atom is -0.298 e. The predicted molar refractivity (Wildman–Crippen MR) is 114 cm³/mol. The molecule has 7 nitrogen and oxygen atoms in total. The molecule has 152 valence electrons. The summed E-state index contributed by atoms with van der Waals surface area (Å²) in [5, 5.41) is 18.5. The summed E-state index contributed by atoms with van der Waals surface area (Å²) in [5.41, 5.74) is 3.22. The number of aromatic nitrogens is 4. The fourth-order valence-corrected chi connectivity index (χ4v) is 4.36. The van der Waals surface area contributed by atoms with Crippen LogP contribution < -0.4 is 5.32 Å². The third-order valence-electron chi connectivity index (χ3n) is 5.05. The van der Waals surface area contributed by atoms with Gasteiger partial charge in [-0.15, -0.1) is 11.3 Å². The molecule has 9 heteroatoms. The molecule has 0 saturated carbocycles. The maximum atomic E-state index is 14.4. The molecule has 1 amide bonds. The molecule has 0 spiro atoms. The number of benzene rings is 1. The largest absolute Gasteiger partial charge is 0.298 e. The van der Waals surface area contributed by atoms with Crippen molar-refractivity contribution in [3.63, 3.8) is 0 Å². The van der Waals surface area contributed by atoms with Gasteiger partial charge in [0.05, 0.1) is 17.0 Å². The molecule has 0 aliphatic carbocycles. The first-order valence-electron chi connectivity index (χ1n) is 9.63. The van der Waals surface area contributed by atoms with Crippen LogP contribution in [0, 0.1) is 17.1 Å². The molecule has 1 N–H and O–H groups in total. The second-order valence-electron chi connectivity index (χ2n) is 6.99. The summed E-state index contributed by atoms with van der Waals surface area (Å²) in [6.07, 6.45) is 1.60. The molecule has 31 heavy (non-hydrogen) atoms. The molecule has 1 aliphatic rings. The van der Waals surface area contributed by atoms with E-state index in [2.05, 4.69) is 20.4 Å². The molecule has 3 aromatic heterocycles. The third kappa shape index (κ3) is 3.47. The van der Waals surface area contributed by atoms with Crippen molar-refractivity contribution in [2.75, 3.05) is 5.32 Å². The van der Waals surface area contributed by atoms with Crippen molar-refractivity contribution >= 4 is 22.4 Å². The quantitative estimate of drug-likeness (QED) is 0.521. The highest BCUT2D eigenvalue weighted by Gasteiger charge is 2.29. The SMILES string of the molecule is N#Cc1cccc(-c2csc(NC(=O)c3c(-c4ccccc4F)nn4c3CCC4)n2)n1. The Hall–Kier alpha value is -3.90. The topological polar surface area (TPSA) is 96.5 Å². The number of amides is 1. The number of rotatable bonds is 4. The summed E-state index contributed by atoms with van der Waals surface area (Å²) >= 11 is 1.25. The summed E-state index contributed by atoms with van der Waals surface area (Å²) in [6.45, 7) is 0.701. The number of anilines is 1. The van der Waals surface area contributed by atoms with Gasteiger partial charge >= 0.3 is 0 Å². The molecule has 0 bridgehead atoms. The highest BCUT2D eigenvalue weighted by atomic mass is 32.1. The fourth-order valence-electron chi connectivity index (χ4n) is 3.66. The van der Waals surface area contributed by atoms with E-state index in [4.69, 9.17) is 5.26 Å². The van der Waals surface area contributed by atoms with Crippen LogP contribution in [0.25, 0.3) is 22.6 Å². The van der Waals surface area contributed by atoms with E-state index >= 15 is 0 Å². The van der Waals surface area contributed by atoms with Crippen molar-refractivity contribution in [1.82, 2.24) is 19.7 Å². The van der Waals surface area contributed by atoms with E-state index in [9.17, 15) is 9.18 Å². The molecule has 0 atom stereocenters. The number of nitriles is 1. The van der Waals surface area contributed by atoms with E-state index in [1.165, 1.54) is 17.4 Å². The van der Waals surface area contributed by atoms with Crippen molar-refractivity contribution in [3.05, 3.63) is 70.6 Å². The maximum Gasteiger partial charge on any atom is 0.261 e. The normalized spacial score (nSPS) is 12.4. The molecule has 1 aromatic carbocycles. The van der Waals surface area contributed by atoms with Crippen LogP contribution in [0.15, 0.2) is 47.8 Å². The monoisotopic (exact) mass is 430 g/mol. The third-order valence-corrected chi connectivity index (χ3v) is 5.81. The number of halogens is 1. The molecule has 1 aliphatic heterocycles. The van der Waals surface area contributed by atoms with Crippen LogP contribution in [0.4, 0.5) is 9.52 Å². The average molecular weight is 430 g/mol. The van der Waals surface area contributed by atoms with Crippen LogP contribution >= 0.6 is 11.3 Å². The minimum absolute atomic E-state index is 0.293. The lowest BCUT2D eigenvalue weighted by molar-refractivity contribution is 0.102. The second-order valence-corrected chi connectivity index (χ2v) is 7.85. The van der Waals surface area contributed by atoms with Gasteiger partial charge in [-0.3, -0.25) is 14.8 Å². The number of thiazole rings is 1. The Balaban J connectivity index is 1.48. The van der Waals surface area contributed by atoms with Crippen LogP contribution in [-0.4, -0.2) is 25.7 Å². The van der Waals surface area contributed by atoms with Crippen molar-refractivity contribution in [1.29, 1.82) is 5.26 Å². The Morgan fingerprint density at radius 2 is 2.03 bits per heavy atom. The molecule has 5 rings (SSSR count). The molecule has 4 aromatic rings. The number of aryl methyl sites for hydroxylation is 1. The molecular weight excluding hydrogens is 415 g/mol. The number of pyridine rings is 1. The van der Waals surface area contributed by atoms with Crippen molar-refractivity contribution in [3.8, 4) is 28.7 Å². The number of carbonyl (C=O) groups excluding carboxylic acids is 1. The van der Waals surface area contributed by atoms with Crippen LogP contribution in [-0.2, 0) is 13.0 Å². The van der Waals surface area contributed by atoms with Crippen LogP contribution in [0.3, 0.4) is 0 Å². The van der Waals surface area contributed by atoms with E-state index in [0.717, 1.165) is 12.1 Å². The van der Waals surface area contributed by atoms with E-state index in [-0.39, 0.29) is 5.91 Å². The second kappa shape index (κ2) is 7.74. The highest BCUT2D eigenvalue weighted by molar-refractivity contribution is 7.14. The predicted octanol–water partition coefficient (Wildman–Crippen LogP) is 4.28. The first-order valence-corrected chi connectivity index (χ1v) is 10.5. The molecular formula is C22H15FN6OS. The standard InChI is InChI=1S/C22H15FN6OS/c23-15-7-2-1-6-14(15)20-19(18-9-4-10-29(18)28-20)21(30)27-22-26-17(12-31-22)16-8-3-5-13(11-24)25-16/h1-3,5-8,12H,4,9-10H2,(H,26,27,30). The zero-order chi connectivity index (χ0) is 21.4. The van der Waals surface area contributed by atoms with Gasteiger partial charge in [-0.1, -0.05) is 18.2 Å². The lowest BCUT2D eigenvalue weighted by Gasteiger charge is -2.06. The van der Waals surface area contributed by atoms with Gasteiger partial charge in [-0.05, 0) is 37.1 Å². The van der Waals surface area contributed by atoms with Gasteiger partial charge in [0.15, 0.2) is 5.13 Å². The van der Waals surface area contributed by atoms with Gasteiger partial charge in [0.25, 0.3) is 5.91 Å². The van der Waals surface area contributed by atoms with E-state index in [0.29, 0.717) is 52.0 Å². The van der Waals surface area contributed by atoms with Crippen LogP contribution in [0.2, 0.25) is 0 Å². The number of hydrogen-bond donors (Lipinski definition) is 1. The lowest BCUT2D eigenvalue weighted by Crippen LogP contribution is -2.14. The van der Waals surface area contributed by atoms with Gasteiger partial charge in [0.1, 0.15) is 29.0 Å². The molecule has 4 heterocycles. The maximum absolute atomic E-state index is 14.4. The molecule has 0 radical (unpaired) electrons. The van der Waals surface area contributed by atoms with Crippen LogP contribution in [0.5, 0.6) is 0 Å². The molecule has 0 unspecified atom stereocenters. The minimum atomic E-state index is -0.423. The number of nitrogens with zero attached hydrogens (tertiary/aromatic N) is 5. The Morgan fingerprint density at radius 3 is 2.87 bits per heavy atom. The smallest absolute Gasteiger partial charge is 0.261 e. The first kappa shape index (κ1) is 19.1. The van der Waals surface area contributed by atoms with E-state index < -0.39 is 5.82 Å². The first-order chi connectivity index (χ1) is 15.1. The summed E-state index contributed by atoms with van der Waals surface area (Å²) in [6, 6.07) is 13.4. The van der Waals surface area contributed by atoms with Crippen molar-refractivity contribution in [2.45, 2.75) is 19.4 Å². The fraction of sp³-hybridized carbons (Fsp3) is 0.136. The van der Waals surface area contributed by atoms with Crippen molar-refractivity contribution < 1.29 is 9.18 Å². The van der Waals surface area contributed by atoms with E-state index in [1.807, 2.05) is 6.07 Å². The Labute approximate surface area is 180 Å². The summed E-state index contributed by atoms with van der Waals surface area (Å²) in [5.74, 6) is -0.797. The summed E-state index contributed by atoms with van der Waals surface area (Å²) < 4.78 is 16.2. The number of nitrogens with one attached hydrogen (secondary N) is 1. The average Bonchev–Trinajstić information content (AvgIpc) is 3.50. The van der Waals surface area contributed by atoms with E-state index in [1.54, 1.807) is 46.5 Å². The summed E-state index contributed by atoms with van der Waals surface area (Å²) in [7, 11) is 0.